The van der Waals surface area contributed by atoms with Crippen molar-refractivity contribution >= 4 is 17.7 Å². The predicted octanol–water partition coefficient (Wildman–Crippen LogP) is -0.994. The Labute approximate surface area is 208 Å². The van der Waals surface area contributed by atoms with Crippen LogP contribution in [0.4, 0.5) is 0 Å². The smallest absolute Gasteiger partial charge is 0.243 e. The molecule has 0 saturated heterocycles. The van der Waals surface area contributed by atoms with Gasteiger partial charge >= 0.3 is 0 Å². The van der Waals surface area contributed by atoms with Crippen LogP contribution in [0.15, 0.2) is 36.4 Å². The third-order valence-corrected chi connectivity index (χ3v) is 6.09. The minimum absolute atomic E-state index is 0.0221. The number of benzene rings is 2. The van der Waals surface area contributed by atoms with Crippen LogP contribution in [0.1, 0.15) is 24.5 Å². The SMILES string of the molecule is CCNC(=O)[C@H]1Cc2cc(ccc2O)-c2ccc(O)c(c2)C[C@H](N)C(=O)N[C@H](C[C@@H](O)CN)C(=O)N1. The molecule has 4 bridgehead atoms. The third-order valence-electron chi connectivity index (χ3n) is 6.09. The maximum Gasteiger partial charge on any atom is 0.243 e. The maximum absolute atomic E-state index is 13.2. The average molecular weight is 500 g/mol. The Balaban J connectivity index is 2.10. The molecule has 10 N–H and O–H groups in total. The molecule has 0 spiro atoms. The molecule has 4 atom stereocenters. The lowest BCUT2D eigenvalue weighted by Gasteiger charge is -2.25. The molecule has 2 aromatic carbocycles. The van der Waals surface area contributed by atoms with E-state index in [1.54, 1.807) is 31.2 Å². The van der Waals surface area contributed by atoms with Crippen LogP contribution in [0.3, 0.4) is 0 Å². The number of hydrogen-bond acceptors (Lipinski definition) is 8. The van der Waals surface area contributed by atoms with Crippen molar-refractivity contribution in [2.24, 2.45) is 11.5 Å². The number of carbonyl (C=O) groups excluding carboxylic acids is 3. The van der Waals surface area contributed by atoms with Gasteiger partial charge in [-0.05, 0) is 53.4 Å². The average Bonchev–Trinajstić information content (AvgIpc) is 2.85. The third kappa shape index (κ3) is 6.51. The summed E-state index contributed by atoms with van der Waals surface area (Å²) in [5.74, 6) is -1.97. The van der Waals surface area contributed by atoms with E-state index in [2.05, 4.69) is 16.0 Å². The molecule has 36 heavy (non-hydrogen) atoms. The minimum Gasteiger partial charge on any atom is -0.508 e. The van der Waals surface area contributed by atoms with Gasteiger partial charge < -0.3 is 42.7 Å². The number of phenolic OH excluding ortho intramolecular Hbond substituents is 2. The van der Waals surface area contributed by atoms with E-state index in [-0.39, 0.29) is 37.3 Å². The Morgan fingerprint density at radius 3 is 2.17 bits per heavy atom. The summed E-state index contributed by atoms with van der Waals surface area (Å²) >= 11 is 0. The summed E-state index contributed by atoms with van der Waals surface area (Å²) in [5.41, 5.74) is 13.8. The molecule has 1 aliphatic rings. The molecular weight excluding hydrogens is 466 g/mol. The van der Waals surface area contributed by atoms with Crippen molar-refractivity contribution in [2.45, 2.75) is 50.4 Å². The van der Waals surface area contributed by atoms with Gasteiger partial charge in [0.15, 0.2) is 0 Å². The van der Waals surface area contributed by atoms with Crippen molar-refractivity contribution in [1.29, 1.82) is 0 Å². The summed E-state index contributed by atoms with van der Waals surface area (Å²) < 4.78 is 0. The lowest BCUT2D eigenvalue weighted by Crippen LogP contribution is -2.57. The number of phenols is 2. The van der Waals surface area contributed by atoms with Gasteiger partial charge in [0, 0.05) is 32.4 Å². The Kier molecular flexibility index (Phi) is 8.86. The normalized spacial score (nSPS) is 21.4. The number of aromatic hydroxyl groups is 2. The van der Waals surface area contributed by atoms with Crippen LogP contribution in [-0.4, -0.2) is 70.4 Å². The van der Waals surface area contributed by atoms with Gasteiger partial charge in [-0.15, -0.1) is 0 Å². The second-order valence-electron chi connectivity index (χ2n) is 8.84. The number of aliphatic hydroxyl groups excluding tert-OH is 1. The van der Waals surface area contributed by atoms with Crippen LogP contribution in [0.25, 0.3) is 11.1 Å². The van der Waals surface area contributed by atoms with Crippen LogP contribution < -0.4 is 27.4 Å². The Bertz CT molecular complexity index is 1120. The number of nitrogens with two attached hydrogens (primary N) is 2. The Morgan fingerprint density at radius 1 is 1.03 bits per heavy atom. The molecule has 0 saturated carbocycles. The summed E-state index contributed by atoms with van der Waals surface area (Å²) in [6.07, 6.45) is -1.36. The van der Waals surface area contributed by atoms with Crippen LogP contribution in [0.5, 0.6) is 11.5 Å². The first-order valence-corrected chi connectivity index (χ1v) is 11.8. The molecule has 0 unspecified atom stereocenters. The fourth-order valence-corrected chi connectivity index (χ4v) is 4.06. The van der Waals surface area contributed by atoms with Crippen molar-refractivity contribution in [3.05, 3.63) is 47.5 Å². The lowest BCUT2D eigenvalue weighted by atomic mass is 9.95. The van der Waals surface area contributed by atoms with E-state index < -0.39 is 42.0 Å². The summed E-state index contributed by atoms with van der Waals surface area (Å²) in [6, 6.07) is 6.31. The Hall–Kier alpha value is -3.67. The highest BCUT2D eigenvalue weighted by atomic mass is 16.3. The van der Waals surface area contributed by atoms with Crippen molar-refractivity contribution in [1.82, 2.24) is 16.0 Å². The molecule has 3 amide bonds. The van der Waals surface area contributed by atoms with Gasteiger partial charge in [0.2, 0.25) is 17.7 Å². The van der Waals surface area contributed by atoms with Gasteiger partial charge in [0.25, 0.3) is 0 Å². The minimum atomic E-state index is -1.23. The maximum atomic E-state index is 13.2. The first kappa shape index (κ1) is 26.9. The quantitative estimate of drug-likeness (QED) is 0.256. The molecular formula is C25H33N5O6. The van der Waals surface area contributed by atoms with Crippen molar-refractivity contribution in [2.75, 3.05) is 13.1 Å². The monoisotopic (exact) mass is 499 g/mol. The van der Waals surface area contributed by atoms with Crippen LogP contribution in [0.2, 0.25) is 0 Å². The molecule has 0 radical (unpaired) electrons. The van der Waals surface area contributed by atoms with E-state index in [1.165, 1.54) is 12.1 Å². The van der Waals surface area contributed by atoms with Gasteiger partial charge in [-0.1, -0.05) is 12.1 Å². The van der Waals surface area contributed by atoms with Gasteiger partial charge in [0.05, 0.1) is 12.1 Å². The first-order chi connectivity index (χ1) is 17.1. The number of nitrogens with one attached hydrogen (secondary N) is 3. The lowest BCUT2D eigenvalue weighted by molar-refractivity contribution is -0.133. The van der Waals surface area contributed by atoms with Crippen molar-refractivity contribution in [3.63, 3.8) is 0 Å². The van der Waals surface area contributed by atoms with E-state index in [9.17, 15) is 29.7 Å². The van der Waals surface area contributed by atoms with Crippen LogP contribution >= 0.6 is 0 Å². The van der Waals surface area contributed by atoms with E-state index in [1.807, 2.05) is 0 Å². The molecule has 1 aliphatic heterocycles. The van der Waals surface area contributed by atoms with E-state index >= 15 is 0 Å². The molecule has 2 aromatic rings. The zero-order valence-corrected chi connectivity index (χ0v) is 20.0. The number of likely N-dealkylation sites (N-methyl/N-ethyl adjacent to an activating group) is 1. The Morgan fingerprint density at radius 2 is 1.61 bits per heavy atom. The summed E-state index contributed by atoms with van der Waals surface area (Å²) in [5, 5.41) is 38.7. The fraction of sp³-hybridized carbons (Fsp3) is 0.400. The topological polar surface area (TPSA) is 200 Å². The highest BCUT2D eigenvalue weighted by Gasteiger charge is 2.30. The van der Waals surface area contributed by atoms with Gasteiger partial charge in [-0.2, -0.15) is 0 Å². The second-order valence-corrected chi connectivity index (χ2v) is 8.84. The zero-order chi connectivity index (χ0) is 26.4. The number of rotatable bonds is 5. The standard InChI is InChI=1S/C25H33N5O6/c1-2-28-24(35)19-10-16-8-14(4-6-22(16)33)13-3-5-21(32)15(7-13)9-18(27)23(34)29-20(25(36)30-19)11-17(31)12-26/h3-8,17-20,31-33H,2,9-12,26-27H2,1H3,(H,28,35)(H,29,34)(H,30,36)/t17-,18+,19-,20-/m1/s1. The van der Waals surface area contributed by atoms with Crippen LogP contribution in [-0.2, 0) is 27.2 Å². The molecule has 0 aromatic heterocycles. The number of aliphatic hydroxyl groups is 1. The number of amides is 3. The highest BCUT2D eigenvalue weighted by molar-refractivity contribution is 5.93. The highest BCUT2D eigenvalue weighted by Crippen LogP contribution is 2.30. The van der Waals surface area contributed by atoms with E-state index in [0.29, 0.717) is 28.8 Å². The second kappa shape index (κ2) is 11.8. The molecule has 194 valence electrons. The molecule has 11 heteroatoms. The van der Waals surface area contributed by atoms with Gasteiger partial charge in [0.1, 0.15) is 23.6 Å². The first-order valence-electron chi connectivity index (χ1n) is 11.8. The molecule has 0 fully saturated rings. The zero-order valence-electron chi connectivity index (χ0n) is 20.0. The molecule has 11 nitrogen and oxygen atoms in total. The number of carbonyl (C=O) groups is 3. The molecule has 3 rings (SSSR count). The van der Waals surface area contributed by atoms with Crippen molar-refractivity contribution < 1.29 is 29.7 Å². The summed E-state index contributed by atoms with van der Waals surface area (Å²) in [7, 11) is 0. The van der Waals surface area contributed by atoms with E-state index in [0.717, 1.165) is 0 Å². The van der Waals surface area contributed by atoms with E-state index in [4.69, 9.17) is 11.5 Å². The number of fused-ring (bicyclic) bond motifs is 5. The summed E-state index contributed by atoms with van der Waals surface area (Å²) in [6.45, 7) is 1.90. The summed E-state index contributed by atoms with van der Waals surface area (Å²) in [4.78, 5) is 38.9. The van der Waals surface area contributed by atoms with Crippen molar-refractivity contribution in [3.8, 4) is 22.6 Å². The van der Waals surface area contributed by atoms with Crippen LogP contribution in [0, 0.1) is 0 Å². The number of hydrogen-bond donors (Lipinski definition) is 8. The fourth-order valence-electron chi connectivity index (χ4n) is 4.06. The largest absolute Gasteiger partial charge is 0.508 e. The molecule has 1 heterocycles. The molecule has 0 aliphatic carbocycles. The van der Waals surface area contributed by atoms with Gasteiger partial charge in [-0.25, -0.2) is 0 Å². The predicted molar refractivity (Wildman–Crippen MR) is 133 cm³/mol. The van der Waals surface area contributed by atoms with Gasteiger partial charge in [-0.3, -0.25) is 14.4 Å².